The van der Waals surface area contributed by atoms with Crippen LogP contribution in [0.2, 0.25) is 0 Å². The van der Waals surface area contributed by atoms with Crippen LogP contribution >= 0.6 is 0 Å². The SMILES string of the molecule is COC([Si])=Cc1cccc(OC)c1OC. The Morgan fingerprint density at radius 2 is 1.93 bits per heavy atom. The predicted molar refractivity (Wildman–Crippen MR) is 60.3 cm³/mol. The van der Waals surface area contributed by atoms with Gasteiger partial charge in [-0.2, -0.15) is 0 Å². The summed E-state index contributed by atoms with van der Waals surface area (Å²) in [7, 11) is 8.12. The molecule has 0 bridgehead atoms. The van der Waals surface area contributed by atoms with Crippen molar-refractivity contribution in [1.29, 1.82) is 0 Å². The van der Waals surface area contributed by atoms with Gasteiger partial charge in [-0.25, -0.2) is 0 Å². The molecule has 79 valence electrons. The minimum absolute atomic E-state index is 0.626. The first-order chi connectivity index (χ1) is 7.22. The number of benzene rings is 1. The molecule has 0 saturated carbocycles. The van der Waals surface area contributed by atoms with Crippen LogP contribution in [0, 0.1) is 0 Å². The van der Waals surface area contributed by atoms with Gasteiger partial charge in [0.2, 0.25) is 0 Å². The molecule has 4 heteroatoms. The van der Waals surface area contributed by atoms with Gasteiger partial charge in [-0.05, 0) is 12.1 Å². The average Bonchev–Trinajstić information content (AvgIpc) is 2.28. The number of methoxy groups -OCH3 is 3. The van der Waals surface area contributed by atoms with Gasteiger partial charge < -0.3 is 14.2 Å². The minimum atomic E-state index is 0.626. The van der Waals surface area contributed by atoms with Crippen molar-refractivity contribution < 1.29 is 14.2 Å². The van der Waals surface area contributed by atoms with Gasteiger partial charge in [-0.15, -0.1) is 0 Å². The van der Waals surface area contributed by atoms with Crippen molar-refractivity contribution in [1.82, 2.24) is 0 Å². The van der Waals surface area contributed by atoms with Crippen molar-refractivity contribution in [3.05, 3.63) is 29.1 Å². The van der Waals surface area contributed by atoms with Crippen LogP contribution in [0.4, 0.5) is 0 Å². The zero-order chi connectivity index (χ0) is 11.3. The van der Waals surface area contributed by atoms with Crippen molar-refractivity contribution in [3.63, 3.8) is 0 Å². The molecule has 0 aromatic heterocycles. The van der Waals surface area contributed by atoms with Crippen LogP contribution in [0.15, 0.2) is 23.6 Å². The minimum Gasteiger partial charge on any atom is -0.507 e. The Balaban J connectivity index is 3.17. The third-order valence-corrected chi connectivity index (χ3v) is 2.29. The molecule has 0 aliphatic heterocycles. The van der Waals surface area contributed by atoms with Gasteiger partial charge in [0, 0.05) is 5.56 Å². The smallest absolute Gasteiger partial charge is 0.168 e. The molecule has 0 aliphatic rings. The first-order valence-corrected chi connectivity index (χ1v) is 4.91. The number of hydrogen-bond acceptors (Lipinski definition) is 3. The lowest BCUT2D eigenvalue weighted by Gasteiger charge is -2.10. The Morgan fingerprint density at radius 1 is 1.20 bits per heavy atom. The van der Waals surface area contributed by atoms with E-state index in [9.17, 15) is 0 Å². The van der Waals surface area contributed by atoms with E-state index in [2.05, 4.69) is 10.2 Å². The normalized spacial score (nSPS) is 11.1. The van der Waals surface area contributed by atoms with Crippen molar-refractivity contribution >= 4 is 16.3 Å². The van der Waals surface area contributed by atoms with Crippen LogP contribution in [0.1, 0.15) is 5.56 Å². The summed E-state index contributed by atoms with van der Waals surface area (Å²) < 4.78 is 15.5. The van der Waals surface area contributed by atoms with Crippen molar-refractivity contribution in [2.24, 2.45) is 0 Å². The summed E-state index contributed by atoms with van der Waals surface area (Å²) >= 11 is 0. The summed E-state index contributed by atoms with van der Waals surface area (Å²) in [5.41, 5.74) is 0.892. The molecule has 0 saturated heterocycles. The van der Waals surface area contributed by atoms with Gasteiger partial charge in [0.1, 0.15) is 10.2 Å². The summed E-state index contributed by atoms with van der Waals surface area (Å²) in [6, 6.07) is 5.65. The predicted octanol–water partition coefficient (Wildman–Crippen LogP) is 1.82. The van der Waals surface area contributed by atoms with Crippen molar-refractivity contribution in [2.75, 3.05) is 21.3 Å². The van der Waals surface area contributed by atoms with Gasteiger partial charge in [0.25, 0.3) is 0 Å². The number of rotatable bonds is 4. The second kappa shape index (κ2) is 5.46. The van der Waals surface area contributed by atoms with E-state index in [0.29, 0.717) is 16.9 Å². The number of para-hydroxylation sites is 1. The molecule has 0 unspecified atom stereocenters. The van der Waals surface area contributed by atoms with Gasteiger partial charge in [0.05, 0.1) is 26.7 Å². The molecule has 0 fully saturated rings. The maximum Gasteiger partial charge on any atom is 0.168 e. The molecule has 0 heterocycles. The maximum absolute atomic E-state index is 5.27. The third-order valence-electron chi connectivity index (χ3n) is 1.94. The average molecular weight is 221 g/mol. The maximum atomic E-state index is 5.27. The van der Waals surface area contributed by atoms with Crippen LogP contribution in [-0.2, 0) is 4.74 Å². The highest BCUT2D eigenvalue weighted by atomic mass is 28.1. The molecule has 0 aliphatic carbocycles. The standard InChI is InChI=1S/C11H13O3Si/c1-12-9-6-4-5-8(11(9)14-3)7-10(15)13-2/h4-7H,1-3H3. The Labute approximate surface area is 93.1 Å². The van der Waals surface area contributed by atoms with Crippen molar-refractivity contribution in [3.8, 4) is 11.5 Å². The molecule has 0 spiro atoms. The summed E-state index contributed by atoms with van der Waals surface area (Å²) in [6.07, 6.45) is 1.82. The highest BCUT2D eigenvalue weighted by Crippen LogP contribution is 2.31. The van der Waals surface area contributed by atoms with E-state index in [1.807, 2.05) is 24.3 Å². The highest BCUT2D eigenvalue weighted by molar-refractivity contribution is 6.22. The van der Waals surface area contributed by atoms with Gasteiger partial charge in [-0.3, -0.25) is 0 Å². The number of ether oxygens (including phenoxy) is 3. The fourth-order valence-corrected chi connectivity index (χ4v) is 1.38. The summed E-state index contributed by atoms with van der Waals surface area (Å²) in [5, 5.41) is 0.626. The zero-order valence-corrected chi connectivity index (χ0v) is 10.0. The van der Waals surface area contributed by atoms with Crippen molar-refractivity contribution in [2.45, 2.75) is 0 Å². The molecular weight excluding hydrogens is 208 g/mol. The Kier molecular flexibility index (Phi) is 4.24. The zero-order valence-electron chi connectivity index (χ0n) is 9.03. The molecule has 15 heavy (non-hydrogen) atoms. The summed E-state index contributed by atoms with van der Waals surface area (Å²) in [6.45, 7) is 0. The van der Waals surface area contributed by atoms with Crippen LogP contribution < -0.4 is 9.47 Å². The molecular formula is C11H13O3Si. The largest absolute Gasteiger partial charge is 0.507 e. The molecule has 1 aromatic rings. The van der Waals surface area contributed by atoms with E-state index in [0.717, 1.165) is 5.56 Å². The van der Waals surface area contributed by atoms with Gasteiger partial charge in [0.15, 0.2) is 11.5 Å². The van der Waals surface area contributed by atoms with Gasteiger partial charge in [-0.1, -0.05) is 12.1 Å². The lowest BCUT2D eigenvalue weighted by molar-refractivity contribution is 0.324. The molecule has 3 nitrogen and oxygen atoms in total. The molecule has 1 aromatic carbocycles. The highest BCUT2D eigenvalue weighted by Gasteiger charge is 2.07. The second-order valence-electron chi connectivity index (χ2n) is 2.80. The Bertz CT molecular complexity index is 361. The second-order valence-corrected chi connectivity index (χ2v) is 3.29. The van der Waals surface area contributed by atoms with E-state index < -0.39 is 0 Å². The number of hydrogen-bond donors (Lipinski definition) is 0. The van der Waals surface area contributed by atoms with Crippen LogP contribution in [0.5, 0.6) is 11.5 Å². The van der Waals surface area contributed by atoms with E-state index in [1.54, 1.807) is 21.3 Å². The lowest BCUT2D eigenvalue weighted by Crippen LogP contribution is -1.93. The van der Waals surface area contributed by atoms with Crippen LogP contribution in [0.25, 0.3) is 6.08 Å². The fourth-order valence-electron chi connectivity index (χ4n) is 1.23. The molecule has 0 atom stereocenters. The topological polar surface area (TPSA) is 27.7 Å². The van der Waals surface area contributed by atoms with E-state index in [4.69, 9.17) is 14.2 Å². The van der Waals surface area contributed by atoms with E-state index in [-0.39, 0.29) is 0 Å². The fraction of sp³-hybridized carbons (Fsp3) is 0.273. The Morgan fingerprint density at radius 3 is 2.47 bits per heavy atom. The Hall–Kier alpha value is -1.42. The molecule has 1 rings (SSSR count). The molecule has 3 radical (unpaired) electrons. The third kappa shape index (κ3) is 2.76. The van der Waals surface area contributed by atoms with E-state index in [1.165, 1.54) is 0 Å². The summed E-state index contributed by atoms with van der Waals surface area (Å²) in [5.74, 6) is 1.38. The quantitative estimate of drug-likeness (QED) is 0.573. The van der Waals surface area contributed by atoms with E-state index >= 15 is 0 Å². The molecule has 0 N–H and O–H groups in total. The molecule has 0 amide bonds. The lowest BCUT2D eigenvalue weighted by atomic mass is 10.2. The first kappa shape index (κ1) is 11.7. The van der Waals surface area contributed by atoms with Crippen LogP contribution in [-0.4, -0.2) is 31.6 Å². The first-order valence-electron chi connectivity index (χ1n) is 4.41. The monoisotopic (exact) mass is 221 g/mol. The van der Waals surface area contributed by atoms with Gasteiger partial charge >= 0.3 is 0 Å². The van der Waals surface area contributed by atoms with Crippen LogP contribution in [0.3, 0.4) is 0 Å². The summed E-state index contributed by atoms with van der Waals surface area (Å²) in [4.78, 5) is 0.